The van der Waals surface area contributed by atoms with Crippen LogP contribution in [0.5, 0.6) is 0 Å². The number of hydrogen-bond donors (Lipinski definition) is 1. The second-order valence-electron chi connectivity index (χ2n) is 9.16. The van der Waals surface area contributed by atoms with Gasteiger partial charge >= 0.3 is 0 Å². The number of carbonyl (C=O) groups is 1. The zero-order valence-electron chi connectivity index (χ0n) is 21.5. The van der Waals surface area contributed by atoms with Crippen LogP contribution in [0.15, 0.2) is 108 Å². The van der Waals surface area contributed by atoms with Gasteiger partial charge in [-0.15, -0.1) is 10.2 Å². The Morgan fingerprint density at radius 1 is 0.769 bits per heavy atom. The zero-order valence-corrected chi connectivity index (χ0v) is 22.4. The fourth-order valence-electron chi connectivity index (χ4n) is 4.89. The summed E-state index contributed by atoms with van der Waals surface area (Å²) in [6, 6.07) is 34.4. The summed E-state index contributed by atoms with van der Waals surface area (Å²) in [5.41, 5.74) is 6.64. The van der Waals surface area contributed by atoms with E-state index >= 15 is 0 Å². The number of anilines is 1. The maximum atomic E-state index is 12.8. The van der Waals surface area contributed by atoms with Crippen LogP contribution in [0.25, 0.3) is 44.3 Å². The van der Waals surface area contributed by atoms with Crippen molar-refractivity contribution in [2.45, 2.75) is 25.0 Å². The summed E-state index contributed by atoms with van der Waals surface area (Å²) in [6.45, 7) is 3.04. The van der Waals surface area contributed by atoms with Gasteiger partial charge in [0.1, 0.15) is 11.4 Å². The van der Waals surface area contributed by atoms with Crippen LogP contribution in [0.1, 0.15) is 13.3 Å². The van der Waals surface area contributed by atoms with Crippen LogP contribution in [0.4, 0.5) is 5.69 Å². The predicted octanol–water partition coefficient (Wildman–Crippen LogP) is 7.45. The SMILES string of the molecule is CCn1c2ccccc2c2cc(NC(=O)CCSc3nnc(-c4ccccc4)c(-c4ccccc4)n3)ccc21. The van der Waals surface area contributed by atoms with Crippen LogP contribution in [-0.4, -0.2) is 31.4 Å². The third-order valence-corrected chi connectivity index (χ3v) is 7.53. The van der Waals surface area contributed by atoms with Gasteiger partial charge in [0.15, 0.2) is 0 Å². The van der Waals surface area contributed by atoms with Crippen molar-refractivity contribution in [3.8, 4) is 22.5 Å². The number of thioether (sulfide) groups is 1. The summed E-state index contributed by atoms with van der Waals surface area (Å²) in [5, 5.41) is 14.8. The normalized spacial score (nSPS) is 11.2. The lowest BCUT2D eigenvalue weighted by Crippen LogP contribution is -2.12. The van der Waals surface area contributed by atoms with Gasteiger partial charge in [0, 0.05) is 57.3 Å². The van der Waals surface area contributed by atoms with E-state index in [9.17, 15) is 4.79 Å². The summed E-state index contributed by atoms with van der Waals surface area (Å²) in [4.78, 5) is 17.6. The molecule has 2 aromatic heterocycles. The molecule has 0 fully saturated rings. The molecule has 2 heterocycles. The first-order chi connectivity index (χ1) is 19.2. The number of benzene rings is 4. The van der Waals surface area contributed by atoms with E-state index < -0.39 is 0 Å². The maximum Gasteiger partial charge on any atom is 0.225 e. The molecule has 192 valence electrons. The molecule has 7 heteroatoms. The Balaban J connectivity index is 1.16. The Hall–Kier alpha value is -4.49. The molecule has 0 spiro atoms. The lowest BCUT2D eigenvalue weighted by atomic mass is 10.0. The van der Waals surface area contributed by atoms with Crippen LogP contribution < -0.4 is 5.32 Å². The summed E-state index contributed by atoms with van der Waals surface area (Å²) in [6.07, 6.45) is 0.337. The minimum absolute atomic E-state index is 0.0433. The Kier molecular flexibility index (Phi) is 7.06. The highest BCUT2D eigenvalue weighted by Gasteiger charge is 2.15. The van der Waals surface area contributed by atoms with Gasteiger partial charge in [-0.1, -0.05) is 90.6 Å². The maximum absolute atomic E-state index is 12.8. The summed E-state index contributed by atoms with van der Waals surface area (Å²) >= 11 is 1.43. The molecule has 1 N–H and O–H groups in total. The van der Waals surface area contributed by atoms with Crippen molar-refractivity contribution in [3.63, 3.8) is 0 Å². The van der Waals surface area contributed by atoms with Crippen LogP contribution in [-0.2, 0) is 11.3 Å². The van der Waals surface area contributed by atoms with Crippen molar-refractivity contribution in [3.05, 3.63) is 103 Å². The third-order valence-electron chi connectivity index (χ3n) is 6.69. The number of rotatable bonds is 8. The summed E-state index contributed by atoms with van der Waals surface area (Å²) < 4.78 is 2.30. The molecule has 39 heavy (non-hydrogen) atoms. The highest BCUT2D eigenvalue weighted by atomic mass is 32.2. The second-order valence-corrected chi connectivity index (χ2v) is 10.2. The van der Waals surface area contributed by atoms with Crippen LogP contribution in [0.3, 0.4) is 0 Å². The van der Waals surface area contributed by atoms with Crippen LogP contribution in [0.2, 0.25) is 0 Å². The van der Waals surface area contributed by atoms with E-state index in [1.54, 1.807) is 0 Å². The molecular weight excluding hydrogens is 502 g/mol. The second kappa shape index (κ2) is 11.1. The van der Waals surface area contributed by atoms with Crippen molar-refractivity contribution in [2.24, 2.45) is 0 Å². The first kappa shape index (κ1) is 24.8. The topological polar surface area (TPSA) is 72.7 Å². The number of nitrogens with one attached hydrogen (secondary N) is 1. The van der Waals surface area contributed by atoms with E-state index in [1.807, 2.05) is 66.7 Å². The molecular formula is C32H27N5OS. The monoisotopic (exact) mass is 529 g/mol. The highest BCUT2D eigenvalue weighted by Crippen LogP contribution is 2.32. The third kappa shape index (κ3) is 5.13. The Morgan fingerprint density at radius 2 is 1.44 bits per heavy atom. The molecule has 0 aliphatic rings. The number of para-hydroxylation sites is 1. The van der Waals surface area contributed by atoms with E-state index in [-0.39, 0.29) is 5.91 Å². The Morgan fingerprint density at radius 3 is 2.18 bits per heavy atom. The average Bonchev–Trinajstić information content (AvgIpc) is 3.31. The molecule has 0 saturated heterocycles. The largest absolute Gasteiger partial charge is 0.341 e. The Bertz CT molecular complexity index is 1770. The molecule has 0 atom stereocenters. The van der Waals surface area contributed by atoms with Gasteiger partial charge in [-0.05, 0) is 31.2 Å². The van der Waals surface area contributed by atoms with E-state index in [2.05, 4.69) is 63.4 Å². The summed E-state index contributed by atoms with van der Waals surface area (Å²) in [7, 11) is 0. The quantitative estimate of drug-likeness (QED) is 0.207. The fraction of sp³-hybridized carbons (Fsp3) is 0.125. The van der Waals surface area contributed by atoms with Gasteiger partial charge in [-0.3, -0.25) is 4.79 Å². The Labute approximate surface area is 231 Å². The van der Waals surface area contributed by atoms with Crippen molar-refractivity contribution < 1.29 is 4.79 Å². The number of carbonyl (C=O) groups excluding carboxylic acids is 1. The molecule has 0 radical (unpaired) electrons. The lowest BCUT2D eigenvalue weighted by Gasteiger charge is -2.09. The molecule has 0 bridgehead atoms. The van der Waals surface area contributed by atoms with Gasteiger partial charge in [-0.2, -0.15) is 0 Å². The van der Waals surface area contributed by atoms with E-state index in [0.29, 0.717) is 17.3 Å². The molecule has 6 rings (SSSR count). The van der Waals surface area contributed by atoms with Gasteiger partial charge in [0.25, 0.3) is 0 Å². The smallest absolute Gasteiger partial charge is 0.225 e. The van der Waals surface area contributed by atoms with E-state index in [0.717, 1.165) is 40.1 Å². The molecule has 6 aromatic rings. The number of aromatic nitrogens is 4. The molecule has 0 saturated carbocycles. The van der Waals surface area contributed by atoms with Crippen molar-refractivity contribution >= 4 is 45.2 Å². The molecule has 0 aliphatic carbocycles. The first-order valence-electron chi connectivity index (χ1n) is 13.0. The van der Waals surface area contributed by atoms with Crippen molar-refractivity contribution in [1.29, 1.82) is 0 Å². The lowest BCUT2D eigenvalue weighted by molar-refractivity contribution is -0.115. The van der Waals surface area contributed by atoms with Crippen molar-refractivity contribution in [1.82, 2.24) is 19.7 Å². The molecule has 4 aromatic carbocycles. The van der Waals surface area contributed by atoms with Gasteiger partial charge in [-0.25, -0.2) is 4.98 Å². The van der Waals surface area contributed by atoms with E-state index in [4.69, 9.17) is 4.98 Å². The number of nitrogens with zero attached hydrogens (tertiary/aromatic N) is 4. The van der Waals surface area contributed by atoms with Gasteiger partial charge in [0.05, 0.1) is 0 Å². The molecule has 0 aliphatic heterocycles. The van der Waals surface area contributed by atoms with Crippen LogP contribution in [0, 0.1) is 0 Å². The number of hydrogen-bond acceptors (Lipinski definition) is 5. The number of aryl methyl sites for hydroxylation is 1. The van der Waals surface area contributed by atoms with Crippen LogP contribution >= 0.6 is 11.8 Å². The minimum atomic E-state index is -0.0433. The minimum Gasteiger partial charge on any atom is -0.341 e. The predicted molar refractivity (Wildman–Crippen MR) is 160 cm³/mol. The first-order valence-corrected chi connectivity index (χ1v) is 14.0. The highest BCUT2D eigenvalue weighted by molar-refractivity contribution is 7.99. The van der Waals surface area contributed by atoms with Crippen molar-refractivity contribution in [2.75, 3.05) is 11.1 Å². The summed E-state index contributed by atoms with van der Waals surface area (Å²) in [5.74, 6) is 0.502. The average molecular weight is 530 g/mol. The molecule has 6 nitrogen and oxygen atoms in total. The van der Waals surface area contributed by atoms with E-state index in [1.165, 1.54) is 28.2 Å². The zero-order chi connectivity index (χ0) is 26.6. The number of amides is 1. The van der Waals surface area contributed by atoms with Gasteiger partial charge in [0.2, 0.25) is 11.1 Å². The molecule has 0 unspecified atom stereocenters. The van der Waals surface area contributed by atoms with Gasteiger partial charge < -0.3 is 9.88 Å². The fourth-order valence-corrected chi connectivity index (χ4v) is 5.62. The number of fused-ring (bicyclic) bond motifs is 3. The standard InChI is InChI=1S/C32H27N5OS/c1-2-37-27-16-10-9-15-25(27)26-21-24(17-18-28(26)37)33-29(38)19-20-39-32-34-30(22-11-5-3-6-12-22)31(35-36-32)23-13-7-4-8-14-23/h3-18,21H,2,19-20H2,1H3,(H,33,38). The molecule has 1 amide bonds.